The molecule has 1 aliphatic rings. The first-order valence-electron chi connectivity index (χ1n) is 8.02. The van der Waals surface area contributed by atoms with Crippen LogP contribution in [0.15, 0.2) is 49.1 Å². The maximum Gasteiger partial charge on any atom is 0.137 e. The lowest BCUT2D eigenvalue weighted by Crippen LogP contribution is -2.35. The monoisotopic (exact) mass is 305 g/mol. The highest BCUT2D eigenvalue weighted by molar-refractivity contribution is 5.92. The van der Waals surface area contributed by atoms with Crippen molar-refractivity contribution in [2.45, 2.75) is 18.9 Å². The summed E-state index contributed by atoms with van der Waals surface area (Å²) in [5.41, 5.74) is 3.20. The SMILES string of the molecule is c1cncc(-c2ccc3ncnc(NC4CCNCC4)c3c2)c1. The van der Waals surface area contributed by atoms with Gasteiger partial charge in [-0.25, -0.2) is 9.97 Å². The minimum atomic E-state index is 0.469. The molecular formula is C18H19N5. The zero-order valence-corrected chi connectivity index (χ0v) is 12.9. The van der Waals surface area contributed by atoms with Gasteiger partial charge in [-0.15, -0.1) is 0 Å². The number of hydrogen-bond acceptors (Lipinski definition) is 5. The fraction of sp³-hybridized carbons (Fsp3) is 0.278. The Balaban J connectivity index is 1.72. The van der Waals surface area contributed by atoms with Gasteiger partial charge in [0.15, 0.2) is 0 Å². The van der Waals surface area contributed by atoms with Gasteiger partial charge in [-0.1, -0.05) is 12.1 Å². The second kappa shape index (κ2) is 6.30. The van der Waals surface area contributed by atoms with E-state index < -0.39 is 0 Å². The first-order chi connectivity index (χ1) is 11.4. The summed E-state index contributed by atoms with van der Waals surface area (Å²) in [6, 6.07) is 10.8. The molecule has 0 saturated carbocycles. The molecule has 0 radical (unpaired) electrons. The number of piperidine rings is 1. The molecule has 1 aliphatic heterocycles. The Labute approximate surface area is 135 Å². The molecule has 0 aliphatic carbocycles. The molecule has 3 heterocycles. The van der Waals surface area contributed by atoms with Crippen LogP contribution in [0.3, 0.4) is 0 Å². The smallest absolute Gasteiger partial charge is 0.137 e. The van der Waals surface area contributed by atoms with Gasteiger partial charge in [-0.3, -0.25) is 4.98 Å². The highest BCUT2D eigenvalue weighted by Gasteiger charge is 2.15. The molecule has 116 valence electrons. The normalized spacial score (nSPS) is 15.7. The van der Waals surface area contributed by atoms with Gasteiger partial charge >= 0.3 is 0 Å². The van der Waals surface area contributed by atoms with Crippen molar-refractivity contribution >= 4 is 16.7 Å². The zero-order chi connectivity index (χ0) is 15.5. The Morgan fingerprint density at radius 2 is 1.96 bits per heavy atom. The average molecular weight is 305 g/mol. The lowest BCUT2D eigenvalue weighted by atomic mass is 10.0. The summed E-state index contributed by atoms with van der Waals surface area (Å²) in [4.78, 5) is 13.1. The number of rotatable bonds is 3. The van der Waals surface area contributed by atoms with Crippen molar-refractivity contribution in [1.29, 1.82) is 0 Å². The lowest BCUT2D eigenvalue weighted by Gasteiger charge is -2.24. The summed E-state index contributed by atoms with van der Waals surface area (Å²) in [6.45, 7) is 2.11. The molecule has 2 aromatic heterocycles. The first-order valence-corrected chi connectivity index (χ1v) is 8.02. The van der Waals surface area contributed by atoms with E-state index in [4.69, 9.17) is 0 Å². The maximum atomic E-state index is 4.48. The van der Waals surface area contributed by atoms with Crippen LogP contribution in [-0.2, 0) is 0 Å². The molecule has 1 aromatic carbocycles. The molecule has 1 fully saturated rings. The van der Waals surface area contributed by atoms with Crippen LogP contribution < -0.4 is 10.6 Å². The second-order valence-corrected chi connectivity index (χ2v) is 5.86. The molecular weight excluding hydrogens is 286 g/mol. The minimum absolute atomic E-state index is 0.469. The predicted molar refractivity (Wildman–Crippen MR) is 92.3 cm³/mol. The molecule has 0 amide bonds. The Morgan fingerprint density at radius 3 is 2.78 bits per heavy atom. The van der Waals surface area contributed by atoms with Crippen molar-refractivity contribution in [3.05, 3.63) is 49.1 Å². The topological polar surface area (TPSA) is 62.7 Å². The lowest BCUT2D eigenvalue weighted by molar-refractivity contribution is 0.478. The zero-order valence-electron chi connectivity index (χ0n) is 12.9. The Hall–Kier alpha value is -2.53. The van der Waals surface area contributed by atoms with Crippen LogP contribution in [-0.4, -0.2) is 34.1 Å². The van der Waals surface area contributed by atoms with E-state index in [9.17, 15) is 0 Å². The number of nitrogens with one attached hydrogen (secondary N) is 2. The van der Waals surface area contributed by atoms with E-state index in [0.717, 1.165) is 53.8 Å². The number of anilines is 1. The van der Waals surface area contributed by atoms with E-state index >= 15 is 0 Å². The molecule has 0 atom stereocenters. The third-order valence-electron chi connectivity index (χ3n) is 4.31. The van der Waals surface area contributed by atoms with Crippen molar-refractivity contribution in [3.63, 3.8) is 0 Å². The summed E-state index contributed by atoms with van der Waals surface area (Å²) < 4.78 is 0. The third-order valence-corrected chi connectivity index (χ3v) is 4.31. The molecule has 0 unspecified atom stereocenters. The molecule has 0 spiro atoms. The van der Waals surface area contributed by atoms with Crippen molar-refractivity contribution in [2.24, 2.45) is 0 Å². The average Bonchev–Trinajstić information content (AvgIpc) is 2.63. The summed E-state index contributed by atoms with van der Waals surface area (Å²) in [5.74, 6) is 0.924. The van der Waals surface area contributed by atoms with Crippen LogP contribution >= 0.6 is 0 Å². The highest BCUT2D eigenvalue weighted by Crippen LogP contribution is 2.27. The Bertz CT molecular complexity index is 797. The minimum Gasteiger partial charge on any atom is -0.367 e. The van der Waals surface area contributed by atoms with Gasteiger partial charge in [-0.05, 0) is 49.7 Å². The van der Waals surface area contributed by atoms with Crippen molar-refractivity contribution in [2.75, 3.05) is 18.4 Å². The van der Waals surface area contributed by atoms with Crippen LogP contribution in [0, 0.1) is 0 Å². The summed E-state index contributed by atoms with van der Waals surface area (Å²) >= 11 is 0. The van der Waals surface area contributed by atoms with E-state index in [1.807, 2.05) is 18.3 Å². The number of benzene rings is 1. The third kappa shape index (κ3) is 3.00. The van der Waals surface area contributed by atoms with Crippen LogP contribution in [0.5, 0.6) is 0 Å². The summed E-state index contributed by atoms with van der Waals surface area (Å²) in [6.07, 6.45) is 7.54. The summed E-state index contributed by atoms with van der Waals surface area (Å²) in [7, 11) is 0. The summed E-state index contributed by atoms with van der Waals surface area (Å²) in [5, 5.41) is 8.05. The Morgan fingerprint density at radius 1 is 1.04 bits per heavy atom. The van der Waals surface area contributed by atoms with Crippen molar-refractivity contribution in [3.8, 4) is 11.1 Å². The molecule has 4 rings (SSSR count). The molecule has 1 saturated heterocycles. The highest BCUT2D eigenvalue weighted by atomic mass is 15.1. The predicted octanol–water partition coefficient (Wildman–Crippen LogP) is 2.86. The first kappa shape index (κ1) is 14.1. The molecule has 3 aromatic rings. The van der Waals surface area contributed by atoms with Gasteiger partial charge in [0, 0.05) is 29.4 Å². The van der Waals surface area contributed by atoms with Crippen LogP contribution in [0.1, 0.15) is 12.8 Å². The van der Waals surface area contributed by atoms with E-state index in [1.165, 1.54) is 0 Å². The van der Waals surface area contributed by atoms with Gasteiger partial charge < -0.3 is 10.6 Å². The quantitative estimate of drug-likeness (QED) is 0.779. The Kier molecular flexibility index (Phi) is 3.86. The van der Waals surface area contributed by atoms with E-state index in [-0.39, 0.29) is 0 Å². The van der Waals surface area contributed by atoms with Crippen molar-refractivity contribution < 1.29 is 0 Å². The van der Waals surface area contributed by atoms with Gasteiger partial charge in [0.2, 0.25) is 0 Å². The molecule has 0 bridgehead atoms. The number of fused-ring (bicyclic) bond motifs is 1. The van der Waals surface area contributed by atoms with Gasteiger partial charge in [0.25, 0.3) is 0 Å². The van der Waals surface area contributed by atoms with Crippen molar-refractivity contribution in [1.82, 2.24) is 20.3 Å². The van der Waals surface area contributed by atoms with Gasteiger partial charge in [0.05, 0.1) is 5.52 Å². The van der Waals surface area contributed by atoms with Crippen LogP contribution in [0.2, 0.25) is 0 Å². The molecule has 5 heteroatoms. The molecule has 2 N–H and O–H groups in total. The van der Waals surface area contributed by atoms with E-state index in [1.54, 1.807) is 12.5 Å². The standard InChI is InChI=1S/C18H19N5/c1-2-14(11-20-7-1)13-3-4-17-16(10-13)18(22-12-21-17)23-15-5-8-19-9-6-15/h1-4,7,10-12,15,19H,5-6,8-9H2,(H,21,22,23). The maximum absolute atomic E-state index is 4.48. The number of pyridine rings is 1. The van der Waals surface area contributed by atoms with Gasteiger partial charge in [0.1, 0.15) is 12.1 Å². The molecule has 23 heavy (non-hydrogen) atoms. The largest absolute Gasteiger partial charge is 0.367 e. The molecule has 5 nitrogen and oxygen atoms in total. The van der Waals surface area contributed by atoms with E-state index in [2.05, 4.69) is 43.8 Å². The number of aromatic nitrogens is 3. The second-order valence-electron chi connectivity index (χ2n) is 5.86. The fourth-order valence-electron chi connectivity index (χ4n) is 3.04. The van der Waals surface area contributed by atoms with Gasteiger partial charge in [-0.2, -0.15) is 0 Å². The van der Waals surface area contributed by atoms with E-state index in [0.29, 0.717) is 6.04 Å². The number of nitrogens with zero attached hydrogens (tertiary/aromatic N) is 3. The fourth-order valence-corrected chi connectivity index (χ4v) is 3.04. The number of hydrogen-bond donors (Lipinski definition) is 2. The van der Waals surface area contributed by atoms with Crippen LogP contribution in [0.4, 0.5) is 5.82 Å². The van der Waals surface area contributed by atoms with Crippen LogP contribution in [0.25, 0.3) is 22.0 Å².